The van der Waals surface area contributed by atoms with Gasteiger partial charge in [0.05, 0.1) is 11.9 Å². The molecule has 27 heavy (non-hydrogen) atoms. The molecular formula is C20H24N6O. The number of amides is 1. The van der Waals surface area contributed by atoms with E-state index in [1.54, 1.807) is 12.5 Å². The van der Waals surface area contributed by atoms with Crippen LogP contribution in [0.1, 0.15) is 36.9 Å². The number of likely N-dealkylation sites (tertiary alicyclic amines) is 1. The summed E-state index contributed by atoms with van der Waals surface area (Å²) in [7, 11) is 0. The van der Waals surface area contributed by atoms with Gasteiger partial charge in [0.15, 0.2) is 0 Å². The minimum Gasteiger partial charge on any atom is -0.356 e. The maximum atomic E-state index is 12.4. The Morgan fingerprint density at radius 2 is 2.19 bits per heavy atom. The Labute approximate surface area is 159 Å². The van der Waals surface area contributed by atoms with Gasteiger partial charge in [-0.25, -0.2) is 9.97 Å². The molecule has 2 aromatic heterocycles. The number of carbonyl (C=O) groups excluding carboxylic acids is 1. The van der Waals surface area contributed by atoms with Gasteiger partial charge >= 0.3 is 0 Å². The van der Waals surface area contributed by atoms with Gasteiger partial charge in [0.2, 0.25) is 5.91 Å². The van der Waals surface area contributed by atoms with Crippen LogP contribution >= 0.6 is 0 Å². The summed E-state index contributed by atoms with van der Waals surface area (Å²) < 4.78 is 0. The number of hydrogen-bond donors (Lipinski definition) is 1. The molecule has 2 fully saturated rings. The molecule has 0 aliphatic carbocycles. The van der Waals surface area contributed by atoms with E-state index in [1.165, 1.54) is 0 Å². The largest absolute Gasteiger partial charge is 0.356 e. The Bertz CT molecular complexity index is 825. The molecule has 0 bridgehead atoms. The first kappa shape index (κ1) is 17.5. The predicted octanol–water partition coefficient (Wildman–Crippen LogP) is 2.13. The SMILES string of the molecule is N#Cc1ccc(N2CCC[C@@]3(CCC(=O)N(CCc4cnc[nH]4)C3)C2)nc1. The van der Waals surface area contributed by atoms with Gasteiger partial charge in [0.1, 0.15) is 11.9 Å². The summed E-state index contributed by atoms with van der Waals surface area (Å²) in [5.74, 6) is 1.18. The molecule has 7 nitrogen and oxygen atoms in total. The van der Waals surface area contributed by atoms with Gasteiger partial charge in [0, 0.05) is 62.5 Å². The molecule has 140 valence electrons. The number of nitrogens with zero attached hydrogens (tertiary/aromatic N) is 5. The number of nitriles is 1. The van der Waals surface area contributed by atoms with E-state index >= 15 is 0 Å². The number of H-pyrrole nitrogens is 1. The number of rotatable bonds is 4. The molecule has 0 unspecified atom stereocenters. The van der Waals surface area contributed by atoms with Gasteiger partial charge in [-0.2, -0.15) is 5.26 Å². The molecule has 1 amide bonds. The lowest BCUT2D eigenvalue weighted by atomic mass is 9.73. The van der Waals surface area contributed by atoms with E-state index in [2.05, 4.69) is 25.9 Å². The Morgan fingerprint density at radius 1 is 1.26 bits per heavy atom. The summed E-state index contributed by atoms with van der Waals surface area (Å²) in [6, 6.07) is 5.87. The molecule has 0 radical (unpaired) electrons. The second-order valence-electron chi connectivity index (χ2n) is 7.68. The minimum absolute atomic E-state index is 0.135. The molecule has 1 spiro atoms. The van der Waals surface area contributed by atoms with Crippen LogP contribution in [0.4, 0.5) is 5.82 Å². The average Bonchev–Trinajstić information content (AvgIpc) is 3.23. The quantitative estimate of drug-likeness (QED) is 0.898. The summed E-state index contributed by atoms with van der Waals surface area (Å²) in [5.41, 5.74) is 1.78. The zero-order valence-corrected chi connectivity index (χ0v) is 15.4. The molecule has 1 N–H and O–H groups in total. The smallest absolute Gasteiger partial charge is 0.222 e. The number of aromatic amines is 1. The topological polar surface area (TPSA) is 88.9 Å². The molecular weight excluding hydrogens is 340 g/mol. The van der Waals surface area contributed by atoms with Crippen molar-refractivity contribution in [3.8, 4) is 6.07 Å². The van der Waals surface area contributed by atoms with Crippen LogP contribution in [0, 0.1) is 16.7 Å². The number of hydrogen-bond acceptors (Lipinski definition) is 5. The fourth-order valence-corrected chi connectivity index (χ4v) is 4.36. The molecule has 0 aromatic carbocycles. The Kier molecular flexibility index (Phi) is 4.80. The van der Waals surface area contributed by atoms with Crippen LogP contribution in [-0.2, 0) is 11.2 Å². The van der Waals surface area contributed by atoms with E-state index < -0.39 is 0 Å². The van der Waals surface area contributed by atoms with E-state index in [-0.39, 0.29) is 11.3 Å². The molecule has 2 saturated heterocycles. The zero-order valence-electron chi connectivity index (χ0n) is 15.4. The highest BCUT2D eigenvalue weighted by atomic mass is 16.2. The molecule has 0 saturated carbocycles. The number of carbonyl (C=O) groups is 1. The molecule has 2 aliphatic rings. The maximum absolute atomic E-state index is 12.4. The fourth-order valence-electron chi connectivity index (χ4n) is 4.36. The number of nitrogens with one attached hydrogen (secondary N) is 1. The molecule has 1 atom stereocenters. The monoisotopic (exact) mass is 364 g/mol. The first-order valence-electron chi connectivity index (χ1n) is 9.54. The van der Waals surface area contributed by atoms with E-state index in [0.717, 1.165) is 63.4 Å². The first-order chi connectivity index (χ1) is 13.2. The second-order valence-corrected chi connectivity index (χ2v) is 7.68. The van der Waals surface area contributed by atoms with Crippen molar-refractivity contribution in [2.24, 2.45) is 5.41 Å². The fraction of sp³-hybridized carbons (Fsp3) is 0.500. The van der Waals surface area contributed by atoms with Crippen LogP contribution in [0.25, 0.3) is 0 Å². The van der Waals surface area contributed by atoms with Crippen molar-refractivity contribution in [3.63, 3.8) is 0 Å². The van der Waals surface area contributed by atoms with Crippen LogP contribution in [0.5, 0.6) is 0 Å². The Morgan fingerprint density at radius 3 is 2.93 bits per heavy atom. The van der Waals surface area contributed by atoms with Gasteiger partial charge in [0.25, 0.3) is 0 Å². The van der Waals surface area contributed by atoms with Crippen molar-refractivity contribution in [1.82, 2.24) is 19.9 Å². The van der Waals surface area contributed by atoms with E-state index in [0.29, 0.717) is 12.0 Å². The third-order valence-corrected chi connectivity index (χ3v) is 5.82. The van der Waals surface area contributed by atoms with Crippen molar-refractivity contribution < 1.29 is 4.79 Å². The number of pyridine rings is 1. The molecule has 4 rings (SSSR count). The standard InChI is InChI=1S/C20H24N6O/c21-10-16-2-3-18(23-11-16)25-8-1-6-20(13-25)7-4-19(27)26(14-20)9-5-17-12-22-15-24-17/h2-3,11-12,15H,1,4-9,13-14H2,(H,22,24)/t20-/m1/s1. The summed E-state index contributed by atoms with van der Waals surface area (Å²) >= 11 is 0. The highest BCUT2D eigenvalue weighted by Crippen LogP contribution is 2.39. The van der Waals surface area contributed by atoms with Gasteiger partial charge in [-0.15, -0.1) is 0 Å². The van der Waals surface area contributed by atoms with Crippen molar-refractivity contribution in [1.29, 1.82) is 5.26 Å². The van der Waals surface area contributed by atoms with Gasteiger partial charge in [-0.1, -0.05) is 0 Å². The summed E-state index contributed by atoms with van der Waals surface area (Å²) in [5, 5.41) is 8.96. The molecule has 7 heteroatoms. The highest BCUT2D eigenvalue weighted by Gasteiger charge is 2.41. The van der Waals surface area contributed by atoms with Crippen molar-refractivity contribution in [2.75, 3.05) is 31.1 Å². The van der Waals surface area contributed by atoms with Crippen LogP contribution in [0.2, 0.25) is 0 Å². The molecule has 4 heterocycles. The van der Waals surface area contributed by atoms with E-state index in [4.69, 9.17) is 5.26 Å². The predicted molar refractivity (Wildman–Crippen MR) is 101 cm³/mol. The van der Waals surface area contributed by atoms with Crippen LogP contribution < -0.4 is 4.90 Å². The lowest BCUT2D eigenvalue weighted by Crippen LogP contribution is -2.54. The highest BCUT2D eigenvalue weighted by molar-refractivity contribution is 5.77. The number of imidazole rings is 1. The summed E-state index contributed by atoms with van der Waals surface area (Å²) in [6.07, 6.45) is 9.76. The van der Waals surface area contributed by atoms with Crippen LogP contribution in [-0.4, -0.2) is 51.9 Å². The third-order valence-electron chi connectivity index (χ3n) is 5.82. The van der Waals surface area contributed by atoms with Gasteiger partial charge < -0.3 is 14.8 Å². The average molecular weight is 364 g/mol. The Balaban J connectivity index is 1.44. The summed E-state index contributed by atoms with van der Waals surface area (Å²) in [4.78, 5) is 28.4. The third kappa shape index (κ3) is 3.80. The van der Waals surface area contributed by atoms with Crippen molar-refractivity contribution >= 4 is 11.7 Å². The lowest BCUT2D eigenvalue weighted by molar-refractivity contribution is -0.137. The van der Waals surface area contributed by atoms with E-state index in [1.807, 2.05) is 23.2 Å². The maximum Gasteiger partial charge on any atom is 0.222 e. The Hall–Kier alpha value is -2.88. The zero-order chi connectivity index (χ0) is 18.7. The number of piperidine rings is 2. The van der Waals surface area contributed by atoms with E-state index in [9.17, 15) is 4.79 Å². The molecule has 2 aromatic rings. The summed E-state index contributed by atoms with van der Waals surface area (Å²) in [6.45, 7) is 3.44. The minimum atomic E-state index is 0.135. The lowest BCUT2D eigenvalue weighted by Gasteiger charge is -2.48. The van der Waals surface area contributed by atoms with Gasteiger partial charge in [-0.05, 0) is 31.4 Å². The number of aromatic nitrogens is 3. The van der Waals surface area contributed by atoms with Crippen LogP contribution in [0.3, 0.4) is 0 Å². The van der Waals surface area contributed by atoms with Crippen LogP contribution in [0.15, 0.2) is 30.9 Å². The van der Waals surface area contributed by atoms with Gasteiger partial charge in [-0.3, -0.25) is 4.79 Å². The van der Waals surface area contributed by atoms with Crippen molar-refractivity contribution in [3.05, 3.63) is 42.1 Å². The number of anilines is 1. The second kappa shape index (κ2) is 7.39. The van der Waals surface area contributed by atoms with Crippen molar-refractivity contribution in [2.45, 2.75) is 32.1 Å². The first-order valence-corrected chi connectivity index (χ1v) is 9.54. The molecule has 2 aliphatic heterocycles. The normalized spacial score (nSPS) is 22.9.